The van der Waals surface area contributed by atoms with Gasteiger partial charge in [0.15, 0.2) is 0 Å². The number of benzene rings is 2. The van der Waals surface area contributed by atoms with Crippen LogP contribution in [0.1, 0.15) is 17.3 Å². The van der Waals surface area contributed by atoms with Crippen molar-refractivity contribution >= 4 is 58.8 Å². The molecule has 1 heterocycles. The summed E-state index contributed by atoms with van der Waals surface area (Å²) in [4.78, 5) is 37.9. The fourth-order valence-corrected chi connectivity index (χ4v) is 3.03. The Morgan fingerprint density at radius 1 is 1.10 bits per heavy atom. The lowest BCUT2D eigenvalue weighted by atomic mass is 10.1. The molecule has 0 aliphatic carbocycles. The number of anilines is 3. The molecule has 0 saturated heterocycles. The lowest BCUT2D eigenvalue weighted by Crippen LogP contribution is -2.38. The summed E-state index contributed by atoms with van der Waals surface area (Å²) in [5.41, 5.74) is 1.92. The van der Waals surface area contributed by atoms with Crippen LogP contribution < -0.4 is 20.9 Å². The molecule has 10 heteroatoms. The van der Waals surface area contributed by atoms with Crippen LogP contribution in [0.25, 0.3) is 0 Å². The zero-order chi connectivity index (χ0) is 19.4. The SMILES string of the molecule is CC(=O)NCCNCC(=O)N1c2ccc(Cl)cc2NC(=O)c2ccccc21.Cl.O. The number of halogens is 2. The Kier molecular flexibility index (Phi) is 9.06. The fraction of sp³-hybridized carbons (Fsp3) is 0.211. The Morgan fingerprint density at radius 3 is 2.55 bits per heavy atom. The topological polar surface area (TPSA) is 122 Å². The summed E-state index contributed by atoms with van der Waals surface area (Å²) in [7, 11) is 0. The summed E-state index contributed by atoms with van der Waals surface area (Å²) in [5.74, 6) is -0.659. The molecule has 2 aromatic rings. The molecule has 8 nitrogen and oxygen atoms in total. The zero-order valence-corrected chi connectivity index (χ0v) is 17.2. The van der Waals surface area contributed by atoms with Gasteiger partial charge in [-0.05, 0) is 30.3 Å². The summed E-state index contributed by atoms with van der Waals surface area (Å²) in [6.45, 7) is 2.35. The first-order chi connectivity index (χ1) is 13.0. The van der Waals surface area contributed by atoms with Crippen LogP contribution in [0.15, 0.2) is 42.5 Å². The van der Waals surface area contributed by atoms with Gasteiger partial charge in [-0.25, -0.2) is 0 Å². The molecule has 0 spiro atoms. The third-order valence-electron chi connectivity index (χ3n) is 4.04. The Bertz CT molecular complexity index is 908. The minimum Gasteiger partial charge on any atom is -0.412 e. The number of carbonyl (C=O) groups excluding carboxylic acids is 3. The summed E-state index contributed by atoms with van der Waals surface area (Å²) in [5, 5.41) is 8.93. The highest BCUT2D eigenvalue weighted by molar-refractivity contribution is 6.31. The maximum atomic E-state index is 13.0. The Hall–Kier alpha value is -2.65. The minimum absolute atomic E-state index is 0. The van der Waals surface area contributed by atoms with Crippen molar-refractivity contribution in [2.75, 3.05) is 29.9 Å². The van der Waals surface area contributed by atoms with E-state index in [9.17, 15) is 14.4 Å². The van der Waals surface area contributed by atoms with Gasteiger partial charge >= 0.3 is 0 Å². The summed E-state index contributed by atoms with van der Waals surface area (Å²) < 4.78 is 0. The third kappa shape index (κ3) is 5.68. The van der Waals surface area contributed by atoms with Gasteiger partial charge in [-0.15, -0.1) is 12.4 Å². The van der Waals surface area contributed by atoms with Crippen LogP contribution in [0.2, 0.25) is 5.02 Å². The molecule has 1 aliphatic rings. The number of nitrogens with one attached hydrogen (secondary N) is 3. The molecule has 3 amide bonds. The predicted octanol–water partition coefficient (Wildman–Crippen LogP) is 1.89. The second kappa shape index (κ2) is 10.8. The van der Waals surface area contributed by atoms with Crippen molar-refractivity contribution in [3.63, 3.8) is 0 Å². The van der Waals surface area contributed by atoms with Crippen molar-refractivity contribution in [3.05, 3.63) is 53.1 Å². The number of fused-ring (bicyclic) bond motifs is 2. The van der Waals surface area contributed by atoms with Gasteiger partial charge in [0, 0.05) is 25.0 Å². The highest BCUT2D eigenvalue weighted by Gasteiger charge is 2.28. The van der Waals surface area contributed by atoms with Gasteiger partial charge in [-0.3, -0.25) is 19.3 Å². The molecule has 0 aromatic heterocycles. The van der Waals surface area contributed by atoms with E-state index >= 15 is 0 Å². The molecular formula is C19H22Cl2N4O4. The van der Waals surface area contributed by atoms with Crippen molar-refractivity contribution in [1.82, 2.24) is 10.6 Å². The smallest absolute Gasteiger partial charge is 0.257 e. The number of hydrogen-bond acceptors (Lipinski definition) is 4. The molecule has 0 unspecified atom stereocenters. The van der Waals surface area contributed by atoms with Gasteiger partial charge in [0.2, 0.25) is 11.8 Å². The number of hydrogen-bond donors (Lipinski definition) is 3. The molecule has 0 bridgehead atoms. The normalized spacial score (nSPS) is 11.7. The van der Waals surface area contributed by atoms with Gasteiger partial charge < -0.3 is 21.4 Å². The van der Waals surface area contributed by atoms with E-state index in [-0.39, 0.29) is 42.1 Å². The molecule has 3 rings (SSSR count). The summed E-state index contributed by atoms with van der Waals surface area (Å²) in [6, 6.07) is 11.9. The van der Waals surface area contributed by atoms with Gasteiger partial charge in [0.25, 0.3) is 5.91 Å². The van der Waals surface area contributed by atoms with Gasteiger partial charge in [0.05, 0.1) is 29.2 Å². The van der Waals surface area contributed by atoms with E-state index in [4.69, 9.17) is 11.6 Å². The number of rotatable bonds is 5. The van der Waals surface area contributed by atoms with Crippen LogP contribution in [-0.4, -0.2) is 42.8 Å². The quantitative estimate of drug-likeness (QED) is 0.614. The van der Waals surface area contributed by atoms with E-state index in [1.807, 2.05) is 0 Å². The Balaban J connectivity index is 0.00000210. The maximum absolute atomic E-state index is 13.0. The molecule has 5 N–H and O–H groups in total. The van der Waals surface area contributed by atoms with Crippen molar-refractivity contribution in [3.8, 4) is 0 Å². The van der Waals surface area contributed by atoms with Crippen LogP contribution in [0.5, 0.6) is 0 Å². The third-order valence-corrected chi connectivity index (χ3v) is 4.27. The monoisotopic (exact) mass is 440 g/mol. The van der Waals surface area contributed by atoms with Crippen LogP contribution in [0, 0.1) is 0 Å². The van der Waals surface area contributed by atoms with Crippen molar-refractivity contribution < 1.29 is 19.9 Å². The van der Waals surface area contributed by atoms with Crippen LogP contribution in [0.3, 0.4) is 0 Å². The largest absolute Gasteiger partial charge is 0.412 e. The predicted molar refractivity (Wildman–Crippen MR) is 115 cm³/mol. The first-order valence-corrected chi connectivity index (χ1v) is 8.83. The number of para-hydroxylation sites is 1. The van der Waals surface area contributed by atoms with Crippen molar-refractivity contribution in [2.45, 2.75) is 6.92 Å². The second-order valence-corrected chi connectivity index (χ2v) is 6.46. The molecule has 0 saturated carbocycles. The van der Waals surface area contributed by atoms with Gasteiger partial charge in [0.1, 0.15) is 0 Å². The molecule has 1 aliphatic heterocycles. The highest BCUT2D eigenvalue weighted by atomic mass is 35.5. The van der Waals surface area contributed by atoms with E-state index in [1.54, 1.807) is 42.5 Å². The molecule has 0 fully saturated rings. The van der Waals surface area contributed by atoms with Gasteiger partial charge in [-0.2, -0.15) is 0 Å². The molecule has 0 radical (unpaired) electrons. The van der Waals surface area contributed by atoms with Crippen molar-refractivity contribution in [2.24, 2.45) is 0 Å². The second-order valence-electron chi connectivity index (χ2n) is 6.02. The van der Waals surface area contributed by atoms with E-state index in [1.165, 1.54) is 11.8 Å². The standard InChI is InChI=1S/C19H19ClN4O3.ClH.H2O/c1-12(25)22-9-8-21-11-18(26)24-16-5-3-2-4-14(16)19(27)23-15-10-13(20)6-7-17(15)24;;/h2-7,10,21H,8-9,11H2,1H3,(H,22,25)(H,23,27);1H;1H2. The number of nitrogens with zero attached hydrogens (tertiary/aromatic N) is 1. The van der Waals surface area contributed by atoms with Gasteiger partial charge in [-0.1, -0.05) is 23.7 Å². The van der Waals surface area contributed by atoms with Crippen LogP contribution >= 0.6 is 24.0 Å². The van der Waals surface area contributed by atoms with E-state index in [0.717, 1.165) is 0 Å². The van der Waals surface area contributed by atoms with Crippen LogP contribution in [0.4, 0.5) is 17.1 Å². The number of carbonyl (C=O) groups is 3. The molecule has 29 heavy (non-hydrogen) atoms. The Labute approximate surface area is 179 Å². The Morgan fingerprint density at radius 2 is 1.83 bits per heavy atom. The van der Waals surface area contributed by atoms with E-state index < -0.39 is 0 Å². The van der Waals surface area contributed by atoms with Crippen LogP contribution in [-0.2, 0) is 9.59 Å². The van der Waals surface area contributed by atoms with E-state index in [2.05, 4.69) is 16.0 Å². The zero-order valence-electron chi connectivity index (χ0n) is 15.6. The maximum Gasteiger partial charge on any atom is 0.257 e. The van der Waals surface area contributed by atoms with E-state index in [0.29, 0.717) is 40.7 Å². The molecule has 0 atom stereocenters. The molecular weight excluding hydrogens is 419 g/mol. The molecule has 156 valence electrons. The lowest BCUT2D eigenvalue weighted by molar-refractivity contribution is -0.119. The minimum atomic E-state index is -0.303. The summed E-state index contributed by atoms with van der Waals surface area (Å²) in [6.07, 6.45) is 0. The first kappa shape index (κ1) is 24.4. The highest BCUT2D eigenvalue weighted by Crippen LogP contribution is 2.39. The van der Waals surface area contributed by atoms with Crippen molar-refractivity contribution in [1.29, 1.82) is 0 Å². The number of amides is 3. The lowest BCUT2D eigenvalue weighted by Gasteiger charge is -2.24. The fourth-order valence-electron chi connectivity index (χ4n) is 2.85. The summed E-state index contributed by atoms with van der Waals surface area (Å²) >= 11 is 6.06. The average Bonchev–Trinajstić information content (AvgIpc) is 2.75. The molecule has 2 aromatic carbocycles. The average molecular weight is 441 g/mol. The first-order valence-electron chi connectivity index (χ1n) is 8.45.